The lowest BCUT2D eigenvalue weighted by Gasteiger charge is -2.38. The Balaban J connectivity index is 1.15. The molecule has 3 aliphatic heterocycles. The van der Waals surface area contributed by atoms with Gasteiger partial charge in [0.15, 0.2) is 11.5 Å². The molecule has 3 heterocycles. The predicted molar refractivity (Wildman–Crippen MR) is 232 cm³/mol. The molecule has 0 fully saturated rings. The van der Waals surface area contributed by atoms with Crippen molar-refractivity contribution in [3.63, 3.8) is 0 Å². The molecule has 7 aromatic rings. The average Bonchev–Trinajstić information content (AvgIpc) is 3.19. The molecule has 0 saturated heterocycles. The maximum atomic E-state index is 6.96. The number of fused-ring (bicyclic) bond motifs is 6. The van der Waals surface area contributed by atoms with Crippen LogP contribution in [-0.2, 0) is 5.41 Å². The van der Waals surface area contributed by atoms with Crippen molar-refractivity contribution in [2.24, 2.45) is 0 Å². The monoisotopic (exact) mass is 749 g/mol. The summed E-state index contributed by atoms with van der Waals surface area (Å²) in [5.41, 5.74) is 7.38. The van der Waals surface area contributed by atoms with E-state index >= 15 is 0 Å². The fraction of sp³-hybridized carbons (Fsp3) is 0.143. The van der Waals surface area contributed by atoms with E-state index in [0.29, 0.717) is 0 Å². The van der Waals surface area contributed by atoms with Crippen LogP contribution in [0.4, 0.5) is 17.1 Å². The number of ether oxygens (including phenoxy) is 3. The Morgan fingerprint density at radius 3 is 1.45 bits per heavy atom. The largest absolute Gasteiger partial charge is 0.456 e. The highest BCUT2D eigenvalue weighted by Crippen LogP contribution is 2.52. The molecule has 0 N–H and O–H groups in total. The van der Waals surface area contributed by atoms with Gasteiger partial charge in [-0.2, -0.15) is 0 Å². The molecular formula is C49H43NO3Si2. The van der Waals surface area contributed by atoms with Crippen LogP contribution in [0, 0.1) is 0 Å². The molecule has 270 valence electrons. The summed E-state index contributed by atoms with van der Waals surface area (Å²) in [5, 5.41) is 5.21. The quantitative estimate of drug-likeness (QED) is 0.168. The molecular weight excluding hydrogens is 707 g/mol. The zero-order chi connectivity index (χ0) is 37.7. The molecule has 3 aliphatic rings. The first-order valence-corrected chi connectivity index (χ1v) is 25.2. The standard InChI is InChI=1S/C49H43NO3Si2/c1-49(2)35-17-7-8-21-39(35)51-46-34(16-13-18-36(46)49)32-28-30-33(31-29-32)50(37-19-14-26-44-47(37)52-40-22-9-11-24-42(40)54(44,3)4)38-20-15-27-45-48(38)53-41-23-10-12-25-43(41)55(45,5)6/h7-31H,1-6H3. The van der Waals surface area contributed by atoms with E-state index in [9.17, 15) is 0 Å². The zero-order valence-corrected chi connectivity index (χ0v) is 34.1. The number of rotatable bonds is 4. The van der Waals surface area contributed by atoms with Crippen LogP contribution in [0.5, 0.6) is 34.5 Å². The van der Waals surface area contributed by atoms with Gasteiger partial charge in [-0.05, 0) is 68.8 Å². The minimum atomic E-state index is -2.10. The highest BCUT2D eigenvalue weighted by molar-refractivity contribution is 7.02. The second-order valence-electron chi connectivity index (χ2n) is 16.5. The smallest absolute Gasteiger partial charge is 0.151 e. The molecule has 0 bridgehead atoms. The van der Waals surface area contributed by atoms with Gasteiger partial charge in [0.05, 0.1) is 11.4 Å². The maximum Gasteiger partial charge on any atom is 0.151 e. The van der Waals surface area contributed by atoms with E-state index in [4.69, 9.17) is 14.2 Å². The molecule has 10 rings (SSSR count). The number of anilines is 3. The number of nitrogens with zero attached hydrogens (tertiary/aromatic N) is 1. The van der Waals surface area contributed by atoms with E-state index in [1.807, 2.05) is 6.07 Å². The van der Waals surface area contributed by atoms with E-state index in [-0.39, 0.29) is 5.41 Å². The molecule has 55 heavy (non-hydrogen) atoms. The second kappa shape index (κ2) is 12.1. The maximum absolute atomic E-state index is 6.96. The average molecular weight is 750 g/mol. The highest BCUT2D eigenvalue weighted by atomic mass is 28.3. The molecule has 4 nitrogen and oxygen atoms in total. The van der Waals surface area contributed by atoms with Gasteiger partial charge in [-0.15, -0.1) is 0 Å². The number of para-hydroxylation sites is 6. The summed E-state index contributed by atoms with van der Waals surface area (Å²) in [6.45, 7) is 14.3. The van der Waals surface area contributed by atoms with Crippen LogP contribution < -0.4 is 39.9 Å². The number of benzene rings is 7. The Bertz CT molecular complexity index is 2570. The van der Waals surface area contributed by atoms with Gasteiger partial charge in [-0.1, -0.05) is 149 Å². The first-order valence-electron chi connectivity index (χ1n) is 19.2. The summed E-state index contributed by atoms with van der Waals surface area (Å²) in [7, 11) is -4.21. The molecule has 0 spiro atoms. The molecule has 7 aromatic carbocycles. The van der Waals surface area contributed by atoms with Crippen LogP contribution >= 0.6 is 0 Å². The van der Waals surface area contributed by atoms with Gasteiger partial charge in [0, 0.05) is 27.8 Å². The van der Waals surface area contributed by atoms with Gasteiger partial charge in [-0.25, -0.2) is 0 Å². The Hall–Kier alpha value is -5.83. The molecule has 0 saturated carbocycles. The molecule has 6 heteroatoms. The summed E-state index contributed by atoms with van der Waals surface area (Å²) in [5.74, 6) is 5.56. The fourth-order valence-electron chi connectivity index (χ4n) is 9.15. The molecule has 0 atom stereocenters. The minimum Gasteiger partial charge on any atom is -0.456 e. The molecule has 0 unspecified atom stereocenters. The Labute approximate surface area is 325 Å². The molecule has 0 amide bonds. The van der Waals surface area contributed by atoms with Crippen LogP contribution in [0.25, 0.3) is 11.1 Å². The molecule has 0 aromatic heterocycles. The predicted octanol–water partition coefficient (Wildman–Crippen LogP) is 11.1. The summed E-state index contributed by atoms with van der Waals surface area (Å²) < 4.78 is 20.6. The van der Waals surface area contributed by atoms with E-state index in [0.717, 1.165) is 62.7 Å². The minimum absolute atomic E-state index is 0.193. The van der Waals surface area contributed by atoms with Gasteiger partial charge in [-0.3, -0.25) is 0 Å². The van der Waals surface area contributed by atoms with Crippen LogP contribution in [0.15, 0.2) is 152 Å². The Kier molecular flexibility index (Phi) is 7.41. The lowest BCUT2D eigenvalue weighted by atomic mass is 9.75. The summed E-state index contributed by atoms with van der Waals surface area (Å²) in [6.07, 6.45) is 0. The van der Waals surface area contributed by atoms with Crippen molar-refractivity contribution >= 4 is 54.0 Å². The van der Waals surface area contributed by atoms with Gasteiger partial charge < -0.3 is 19.1 Å². The van der Waals surface area contributed by atoms with Crippen LogP contribution in [0.2, 0.25) is 26.2 Å². The third-order valence-electron chi connectivity index (χ3n) is 12.3. The summed E-state index contributed by atoms with van der Waals surface area (Å²) in [4.78, 5) is 2.36. The van der Waals surface area contributed by atoms with E-state index < -0.39 is 16.1 Å². The Morgan fingerprint density at radius 2 is 0.873 bits per heavy atom. The highest BCUT2D eigenvalue weighted by Gasteiger charge is 2.41. The SMILES string of the molecule is CC1(C)c2ccccc2Oc2c(-c3ccc(N(c4cccc5c4Oc4ccccc4[Si]5(C)C)c4cccc5c4Oc4ccccc4[Si]5(C)C)cc3)cccc21. The van der Waals surface area contributed by atoms with Crippen molar-refractivity contribution in [2.45, 2.75) is 45.5 Å². The van der Waals surface area contributed by atoms with Gasteiger partial charge in [0.1, 0.15) is 39.1 Å². The third-order valence-corrected chi connectivity index (χ3v) is 19.3. The normalized spacial score (nSPS) is 16.0. The second-order valence-corrected chi connectivity index (χ2v) is 25.2. The van der Waals surface area contributed by atoms with Crippen LogP contribution in [0.1, 0.15) is 25.0 Å². The van der Waals surface area contributed by atoms with Crippen molar-refractivity contribution in [1.82, 2.24) is 0 Å². The summed E-state index contributed by atoms with van der Waals surface area (Å²) in [6, 6.07) is 54.3. The summed E-state index contributed by atoms with van der Waals surface area (Å²) >= 11 is 0. The molecule has 0 aliphatic carbocycles. The van der Waals surface area contributed by atoms with Crippen molar-refractivity contribution in [1.29, 1.82) is 0 Å². The third kappa shape index (κ3) is 5.01. The van der Waals surface area contributed by atoms with E-state index in [1.165, 1.54) is 31.9 Å². The van der Waals surface area contributed by atoms with Crippen molar-refractivity contribution < 1.29 is 14.2 Å². The number of hydrogen-bond donors (Lipinski definition) is 0. The first-order chi connectivity index (χ1) is 26.5. The van der Waals surface area contributed by atoms with Crippen molar-refractivity contribution in [3.05, 3.63) is 163 Å². The van der Waals surface area contributed by atoms with Crippen molar-refractivity contribution in [2.75, 3.05) is 4.90 Å². The Morgan fingerprint density at radius 1 is 0.418 bits per heavy atom. The van der Waals surface area contributed by atoms with Gasteiger partial charge >= 0.3 is 0 Å². The van der Waals surface area contributed by atoms with Crippen LogP contribution in [0.3, 0.4) is 0 Å². The molecule has 0 radical (unpaired) electrons. The topological polar surface area (TPSA) is 30.9 Å². The van der Waals surface area contributed by atoms with Crippen molar-refractivity contribution in [3.8, 4) is 45.6 Å². The van der Waals surface area contributed by atoms with Gasteiger partial charge in [0.2, 0.25) is 0 Å². The van der Waals surface area contributed by atoms with Crippen LogP contribution in [-0.4, -0.2) is 16.1 Å². The van der Waals surface area contributed by atoms with E-state index in [1.54, 1.807) is 0 Å². The van der Waals surface area contributed by atoms with E-state index in [2.05, 4.69) is 191 Å². The lowest BCUT2D eigenvalue weighted by Crippen LogP contribution is -2.56. The van der Waals surface area contributed by atoms with Gasteiger partial charge in [0.25, 0.3) is 0 Å². The first kappa shape index (κ1) is 33.7. The zero-order valence-electron chi connectivity index (χ0n) is 32.1. The lowest BCUT2D eigenvalue weighted by molar-refractivity contribution is 0.419. The number of hydrogen-bond acceptors (Lipinski definition) is 4. The fourth-order valence-corrected chi connectivity index (χ4v) is 14.8.